The average Bonchev–Trinajstić information content (AvgIpc) is 3.10. The van der Waals surface area contributed by atoms with E-state index in [1.54, 1.807) is 0 Å². The van der Waals surface area contributed by atoms with Crippen LogP contribution >= 0.6 is 0 Å². The first-order valence-electron chi connectivity index (χ1n) is 8.68. The van der Waals surface area contributed by atoms with E-state index < -0.39 is 0 Å². The van der Waals surface area contributed by atoms with Crippen molar-refractivity contribution in [2.24, 2.45) is 17.8 Å². The number of aliphatic hydroxyl groups excluding tert-OH is 2. The fraction of sp³-hybridized carbons (Fsp3) is 0.429. The molecule has 2 saturated carbocycles. The molecule has 2 aliphatic carbocycles. The highest BCUT2D eigenvalue weighted by molar-refractivity contribution is 5.34. The number of fused-ring (bicyclic) bond motifs is 1. The first-order chi connectivity index (χ1) is 11.3. The fourth-order valence-corrected chi connectivity index (χ4v) is 5.29. The zero-order chi connectivity index (χ0) is 15.8. The van der Waals surface area contributed by atoms with Gasteiger partial charge in [-0.3, -0.25) is 0 Å². The molecular weight excluding hydrogens is 284 g/mol. The van der Waals surface area contributed by atoms with Gasteiger partial charge in [0.15, 0.2) is 0 Å². The molecular formula is C21H24O2. The summed E-state index contributed by atoms with van der Waals surface area (Å²) in [6, 6.07) is 21.3. The van der Waals surface area contributed by atoms with Crippen LogP contribution in [0.1, 0.15) is 35.8 Å². The predicted octanol–water partition coefficient (Wildman–Crippen LogP) is 3.56. The molecule has 23 heavy (non-hydrogen) atoms. The lowest BCUT2D eigenvalue weighted by atomic mass is 9.77. The van der Waals surface area contributed by atoms with Crippen molar-refractivity contribution in [3.63, 3.8) is 0 Å². The molecule has 0 aromatic heterocycles. The van der Waals surface area contributed by atoms with Gasteiger partial charge in [-0.1, -0.05) is 60.7 Å². The van der Waals surface area contributed by atoms with Crippen molar-refractivity contribution in [1.82, 2.24) is 0 Å². The summed E-state index contributed by atoms with van der Waals surface area (Å²) in [4.78, 5) is 0. The molecule has 2 aliphatic rings. The Labute approximate surface area is 137 Å². The predicted molar refractivity (Wildman–Crippen MR) is 91.2 cm³/mol. The van der Waals surface area contributed by atoms with E-state index in [9.17, 15) is 10.2 Å². The van der Waals surface area contributed by atoms with Gasteiger partial charge in [0.05, 0.1) is 6.10 Å². The van der Waals surface area contributed by atoms with Crippen molar-refractivity contribution in [3.8, 4) is 0 Å². The monoisotopic (exact) mass is 308 g/mol. The van der Waals surface area contributed by atoms with Gasteiger partial charge in [-0.25, -0.2) is 0 Å². The standard InChI is InChI=1S/C21H24O2/c22-13-19-17-11-16(23)12-18(17)20(14-7-3-1-4-8-14)21(19)15-9-5-2-6-10-15/h1-10,16-23H,11-13H2/t16-,17+,18-,19+,20-,21+/m1/s1. The lowest BCUT2D eigenvalue weighted by Gasteiger charge is -2.28. The number of hydrogen-bond acceptors (Lipinski definition) is 2. The lowest BCUT2D eigenvalue weighted by Crippen LogP contribution is -2.21. The number of hydrogen-bond donors (Lipinski definition) is 2. The molecule has 0 aliphatic heterocycles. The number of aliphatic hydroxyl groups is 2. The van der Waals surface area contributed by atoms with Gasteiger partial charge in [0, 0.05) is 6.61 Å². The molecule has 2 fully saturated rings. The quantitative estimate of drug-likeness (QED) is 0.910. The minimum Gasteiger partial charge on any atom is -0.396 e. The molecule has 0 spiro atoms. The maximum absolute atomic E-state index is 10.2. The minimum atomic E-state index is -0.206. The van der Waals surface area contributed by atoms with Crippen LogP contribution in [0.3, 0.4) is 0 Å². The second kappa shape index (κ2) is 6.10. The van der Waals surface area contributed by atoms with E-state index in [1.807, 2.05) is 0 Å². The molecule has 120 valence electrons. The Morgan fingerprint density at radius 3 is 1.83 bits per heavy atom. The molecule has 0 heterocycles. The van der Waals surface area contributed by atoms with Crippen LogP contribution in [-0.4, -0.2) is 22.9 Å². The van der Waals surface area contributed by atoms with Crippen molar-refractivity contribution >= 4 is 0 Å². The molecule has 6 atom stereocenters. The molecule has 2 N–H and O–H groups in total. The smallest absolute Gasteiger partial charge is 0.0546 e. The van der Waals surface area contributed by atoms with Crippen LogP contribution in [0.5, 0.6) is 0 Å². The fourth-order valence-electron chi connectivity index (χ4n) is 5.29. The first kappa shape index (κ1) is 14.9. The highest BCUT2D eigenvalue weighted by Gasteiger charge is 2.54. The summed E-state index contributed by atoms with van der Waals surface area (Å²) in [5.41, 5.74) is 2.67. The Balaban J connectivity index is 1.80. The molecule has 0 bridgehead atoms. The second-order valence-electron chi connectivity index (χ2n) is 7.17. The van der Waals surface area contributed by atoms with Gasteiger partial charge >= 0.3 is 0 Å². The third-order valence-electron chi connectivity index (χ3n) is 6.08. The lowest BCUT2D eigenvalue weighted by molar-refractivity contribution is 0.141. The summed E-state index contributed by atoms with van der Waals surface area (Å²) in [5.74, 6) is 1.86. The second-order valence-corrected chi connectivity index (χ2v) is 7.17. The summed E-state index contributed by atoms with van der Waals surface area (Å²) >= 11 is 0. The van der Waals surface area contributed by atoms with E-state index in [1.165, 1.54) is 11.1 Å². The Bertz CT molecular complexity index is 637. The van der Waals surface area contributed by atoms with Crippen LogP contribution in [0.2, 0.25) is 0 Å². The van der Waals surface area contributed by atoms with Crippen LogP contribution in [0.4, 0.5) is 0 Å². The van der Waals surface area contributed by atoms with Crippen molar-refractivity contribution in [3.05, 3.63) is 71.8 Å². The van der Waals surface area contributed by atoms with Gasteiger partial charge in [-0.2, -0.15) is 0 Å². The summed E-state index contributed by atoms with van der Waals surface area (Å²) in [6.07, 6.45) is 1.49. The third kappa shape index (κ3) is 2.50. The summed E-state index contributed by atoms with van der Waals surface area (Å²) < 4.78 is 0. The zero-order valence-corrected chi connectivity index (χ0v) is 13.3. The van der Waals surface area contributed by atoms with E-state index in [2.05, 4.69) is 60.7 Å². The molecule has 0 unspecified atom stereocenters. The third-order valence-corrected chi connectivity index (χ3v) is 6.08. The molecule has 0 saturated heterocycles. The van der Waals surface area contributed by atoms with Crippen molar-refractivity contribution < 1.29 is 10.2 Å². The van der Waals surface area contributed by atoms with Crippen LogP contribution in [0.15, 0.2) is 60.7 Å². The van der Waals surface area contributed by atoms with Gasteiger partial charge in [-0.05, 0) is 53.6 Å². The van der Waals surface area contributed by atoms with Crippen LogP contribution in [0.25, 0.3) is 0 Å². The van der Waals surface area contributed by atoms with Crippen LogP contribution in [-0.2, 0) is 0 Å². The van der Waals surface area contributed by atoms with Crippen LogP contribution in [0, 0.1) is 17.8 Å². The highest BCUT2D eigenvalue weighted by Crippen LogP contribution is 2.61. The van der Waals surface area contributed by atoms with Crippen molar-refractivity contribution in [2.45, 2.75) is 30.8 Å². The topological polar surface area (TPSA) is 40.5 Å². The van der Waals surface area contributed by atoms with Gasteiger partial charge in [-0.15, -0.1) is 0 Å². The molecule has 0 radical (unpaired) electrons. The molecule has 2 aromatic carbocycles. The number of rotatable bonds is 3. The van der Waals surface area contributed by atoms with Crippen molar-refractivity contribution in [1.29, 1.82) is 0 Å². The molecule has 2 aromatic rings. The summed E-state index contributed by atoms with van der Waals surface area (Å²) in [6.45, 7) is 0.205. The Morgan fingerprint density at radius 2 is 1.26 bits per heavy atom. The molecule has 4 rings (SSSR count). The van der Waals surface area contributed by atoms with Gasteiger partial charge in [0.25, 0.3) is 0 Å². The number of benzene rings is 2. The van der Waals surface area contributed by atoms with E-state index in [0.29, 0.717) is 23.7 Å². The van der Waals surface area contributed by atoms with Crippen LogP contribution < -0.4 is 0 Å². The van der Waals surface area contributed by atoms with E-state index in [-0.39, 0.29) is 18.6 Å². The van der Waals surface area contributed by atoms with E-state index >= 15 is 0 Å². The Kier molecular flexibility index (Phi) is 3.96. The maximum atomic E-state index is 10.2. The molecule has 0 amide bonds. The zero-order valence-electron chi connectivity index (χ0n) is 13.3. The highest BCUT2D eigenvalue weighted by atomic mass is 16.3. The van der Waals surface area contributed by atoms with Crippen molar-refractivity contribution in [2.75, 3.05) is 6.61 Å². The SMILES string of the molecule is OC[C@H]1[C@H]2C[C@@H](O)C[C@H]2[C@@H](c2ccccc2)[C@H]1c1ccccc1. The van der Waals surface area contributed by atoms with Gasteiger partial charge in [0.1, 0.15) is 0 Å². The van der Waals surface area contributed by atoms with Gasteiger partial charge in [0.2, 0.25) is 0 Å². The maximum Gasteiger partial charge on any atom is 0.0546 e. The molecule has 2 nitrogen and oxygen atoms in total. The Morgan fingerprint density at radius 1 is 0.739 bits per heavy atom. The minimum absolute atomic E-state index is 0.205. The Hall–Kier alpha value is -1.64. The van der Waals surface area contributed by atoms with Gasteiger partial charge < -0.3 is 10.2 Å². The molecule has 2 heteroatoms. The summed E-state index contributed by atoms with van der Waals surface area (Å²) in [5, 5.41) is 20.3. The first-order valence-corrected chi connectivity index (χ1v) is 8.68. The van der Waals surface area contributed by atoms with E-state index in [0.717, 1.165) is 12.8 Å². The largest absolute Gasteiger partial charge is 0.396 e. The summed E-state index contributed by atoms with van der Waals surface area (Å²) in [7, 11) is 0. The van der Waals surface area contributed by atoms with E-state index in [4.69, 9.17) is 0 Å². The average molecular weight is 308 g/mol. The normalized spacial score (nSPS) is 36.1.